The second kappa shape index (κ2) is 4.80. The fourth-order valence-electron chi connectivity index (χ4n) is 2.01. The van der Waals surface area contributed by atoms with Crippen molar-refractivity contribution in [3.63, 3.8) is 0 Å². The van der Waals surface area contributed by atoms with Gasteiger partial charge in [0.1, 0.15) is 0 Å². The Bertz CT molecular complexity index is 493. The smallest absolute Gasteiger partial charge is 0.00823 e. The molecule has 16 heavy (non-hydrogen) atoms. The summed E-state index contributed by atoms with van der Waals surface area (Å²) in [6.07, 6.45) is 4.25. The van der Waals surface area contributed by atoms with E-state index in [0.717, 1.165) is 0 Å². The number of allylic oxidation sites excluding steroid dienone is 1. The number of hydrogen-bond donors (Lipinski definition) is 0. The van der Waals surface area contributed by atoms with E-state index < -0.39 is 0 Å². The number of hydrogen-bond acceptors (Lipinski definition) is 0. The lowest BCUT2D eigenvalue weighted by molar-refractivity contribution is 1.44. The molecule has 0 saturated carbocycles. The van der Waals surface area contributed by atoms with Crippen LogP contribution in [0.3, 0.4) is 0 Å². The van der Waals surface area contributed by atoms with Crippen LogP contribution in [0, 0.1) is 6.92 Å². The summed E-state index contributed by atoms with van der Waals surface area (Å²) in [6, 6.07) is 17.0. The Balaban J connectivity index is 2.63. The second-order valence-corrected chi connectivity index (χ2v) is 3.91. The quantitative estimate of drug-likeness (QED) is 0.671. The van der Waals surface area contributed by atoms with Crippen molar-refractivity contribution in [3.8, 4) is 11.1 Å². The van der Waals surface area contributed by atoms with Crippen molar-refractivity contribution in [2.75, 3.05) is 0 Å². The van der Waals surface area contributed by atoms with Crippen LogP contribution in [0.15, 0.2) is 54.6 Å². The highest BCUT2D eigenvalue weighted by Crippen LogP contribution is 2.28. The van der Waals surface area contributed by atoms with Gasteiger partial charge in [-0.2, -0.15) is 0 Å². The van der Waals surface area contributed by atoms with Crippen LogP contribution in [0.4, 0.5) is 0 Å². The molecule has 0 aliphatic carbocycles. The molecule has 0 heteroatoms. The zero-order chi connectivity index (χ0) is 11.4. The summed E-state index contributed by atoms with van der Waals surface area (Å²) in [6.45, 7) is 4.21. The highest BCUT2D eigenvalue weighted by Gasteiger charge is 2.04. The Hall–Kier alpha value is -1.82. The molecule has 0 heterocycles. The third kappa shape index (κ3) is 2.06. The van der Waals surface area contributed by atoms with Gasteiger partial charge in [-0.3, -0.25) is 0 Å². The Morgan fingerprint density at radius 3 is 2.31 bits per heavy atom. The predicted molar refractivity (Wildman–Crippen MR) is 71.3 cm³/mol. The van der Waals surface area contributed by atoms with E-state index in [2.05, 4.69) is 74.5 Å². The van der Waals surface area contributed by atoms with Gasteiger partial charge >= 0.3 is 0 Å². The van der Waals surface area contributed by atoms with Gasteiger partial charge in [-0.15, -0.1) is 0 Å². The van der Waals surface area contributed by atoms with Gasteiger partial charge in [0.2, 0.25) is 0 Å². The average Bonchev–Trinajstić information content (AvgIpc) is 2.31. The summed E-state index contributed by atoms with van der Waals surface area (Å²) in [4.78, 5) is 0. The highest BCUT2D eigenvalue weighted by molar-refractivity contribution is 5.77. The molecule has 0 radical (unpaired) electrons. The maximum Gasteiger partial charge on any atom is -0.00823 e. The molecule has 80 valence electrons. The van der Waals surface area contributed by atoms with Gasteiger partial charge < -0.3 is 0 Å². The van der Waals surface area contributed by atoms with Gasteiger partial charge in [-0.05, 0) is 36.1 Å². The number of aryl methyl sites for hydroxylation is 1. The molecule has 0 atom stereocenters. The molecular weight excluding hydrogens is 192 g/mol. The average molecular weight is 208 g/mol. The fraction of sp³-hybridized carbons (Fsp3) is 0.125. The number of rotatable bonds is 2. The van der Waals surface area contributed by atoms with Crippen LogP contribution in [0.25, 0.3) is 17.2 Å². The first-order valence-electron chi connectivity index (χ1n) is 5.60. The van der Waals surface area contributed by atoms with E-state index in [1.807, 2.05) is 0 Å². The molecule has 2 rings (SSSR count). The Labute approximate surface area is 97.3 Å². The van der Waals surface area contributed by atoms with Crippen molar-refractivity contribution in [2.24, 2.45) is 0 Å². The van der Waals surface area contributed by atoms with Gasteiger partial charge in [0, 0.05) is 0 Å². The van der Waals surface area contributed by atoms with Crippen molar-refractivity contribution < 1.29 is 0 Å². The molecule has 0 aromatic heterocycles. The zero-order valence-electron chi connectivity index (χ0n) is 9.77. The fourth-order valence-corrected chi connectivity index (χ4v) is 2.01. The summed E-state index contributed by atoms with van der Waals surface area (Å²) in [5.74, 6) is 0. The molecule has 0 amide bonds. The second-order valence-electron chi connectivity index (χ2n) is 3.91. The van der Waals surface area contributed by atoms with Crippen molar-refractivity contribution in [1.82, 2.24) is 0 Å². The van der Waals surface area contributed by atoms with E-state index in [1.165, 1.54) is 22.3 Å². The first kappa shape index (κ1) is 10.7. The van der Waals surface area contributed by atoms with Crippen LogP contribution in [0.1, 0.15) is 18.1 Å². The van der Waals surface area contributed by atoms with E-state index in [9.17, 15) is 0 Å². The SMILES string of the molecule is CC=Cc1cccc(C)c1-c1ccccc1. The molecule has 0 nitrogen and oxygen atoms in total. The van der Waals surface area contributed by atoms with Gasteiger partial charge in [-0.25, -0.2) is 0 Å². The van der Waals surface area contributed by atoms with Crippen LogP contribution < -0.4 is 0 Å². The van der Waals surface area contributed by atoms with E-state index in [0.29, 0.717) is 0 Å². The Morgan fingerprint density at radius 1 is 0.875 bits per heavy atom. The van der Waals surface area contributed by atoms with Crippen molar-refractivity contribution >= 4 is 6.08 Å². The molecule has 0 N–H and O–H groups in total. The van der Waals surface area contributed by atoms with E-state index in [-0.39, 0.29) is 0 Å². The summed E-state index contributed by atoms with van der Waals surface area (Å²) >= 11 is 0. The number of benzene rings is 2. The molecule has 0 bridgehead atoms. The van der Waals surface area contributed by atoms with Crippen LogP contribution >= 0.6 is 0 Å². The standard InChI is InChI=1S/C16H16/c1-3-8-14-12-7-9-13(2)16(14)15-10-5-4-6-11-15/h3-12H,1-2H3. The van der Waals surface area contributed by atoms with Crippen molar-refractivity contribution in [1.29, 1.82) is 0 Å². The third-order valence-corrected chi connectivity index (χ3v) is 2.71. The minimum absolute atomic E-state index is 1.29. The lowest BCUT2D eigenvalue weighted by Crippen LogP contribution is -1.87. The van der Waals surface area contributed by atoms with Crippen LogP contribution in [-0.4, -0.2) is 0 Å². The first-order valence-corrected chi connectivity index (χ1v) is 5.60. The van der Waals surface area contributed by atoms with Gasteiger partial charge in [0.05, 0.1) is 0 Å². The minimum atomic E-state index is 1.29. The molecular formula is C16H16. The molecule has 0 saturated heterocycles. The van der Waals surface area contributed by atoms with Crippen LogP contribution in [0.2, 0.25) is 0 Å². The monoisotopic (exact) mass is 208 g/mol. The van der Waals surface area contributed by atoms with Gasteiger partial charge in [0.15, 0.2) is 0 Å². The molecule has 0 spiro atoms. The van der Waals surface area contributed by atoms with Gasteiger partial charge in [-0.1, -0.05) is 60.7 Å². The summed E-state index contributed by atoms with van der Waals surface area (Å²) in [7, 11) is 0. The molecule has 0 fully saturated rings. The van der Waals surface area contributed by atoms with E-state index >= 15 is 0 Å². The summed E-state index contributed by atoms with van der Waals surface area (Å²) < 4.78 is 0. The van der Waals surface area contributed by atoms with Gasteiger partial charge in [0.25, 0.3) is 0 Å². The van der Waals surface area contributed by atoms with Crippen LogP contribution in [-0.2, 0) is 0 Å². The molecule has 0 unspecified atom stereocenters. The normalized spacial score (nSPS) is 10.9. The van der Waals surface area contributed by atoms with E-state index in [4.69, 9.17) is 0 Å². The molecule has 2 aromatic carbocycles. The topological polar surface area (TPSA) is 0 Å². The maximum atomic E-state index is 2.16. The lowest BCUT2D eigenvalue weighted by atomic mass is 9.95. The lowest BCUT2D eigenvalue weighted by Gasteiger charge is -2.10. The van der Waals surface area contributed by atoms with Crippen LogP contribution in [0.5, 0.6) is 0 Å². The molecule has 0 aliphatic rings. The summed E-state index contributed by atoms with van der Waals surface area (Å²) in [5, 5.41) is 0. The van der Waals surface area contributed by atoms with Crippen molar-refractivity contribution in [2.45, 2.75) is 13.8 Å². The summed E-state index contributed by atoms with van der Waals surface area (Å²) in [5.41, 5.74) is 5.23. The third-order valence-electron chi connectivity index (χ3n) is 2.71. The minimum Gasteiger partial charge on any atom is -0.0870 e. The molecule has 2 aromatic rings. The zero-order valence-corrected chi connectivity index (χ0v) is 9.77. The van der Waals surface area contributed by atoms with Crippen molar-refractivity contribution in [3.05, 3.63) is 65.7 Å². The maximum absolute atomic E-state index is 2.16. The predicted octanol–water partition coefficient (Wildman–Crippen LogP) is 4.70. The highest BCUT2D eigenvalue weighted by atomic mass is 14.1. The van der Waals surface area contributed by atoms with E-state index in [1.54, 1.807) is 0 Å². The molecule has 0 aliphatic heterocycles. The Morgan fingerprint density at radius 2 is 1.62 bits per heavy atom. The largest absolute Gasteiger partial charge is 0.0870 e. The first-order chi connectivity index (χ1) is 7.83. The Kier molecular flexibility index (Phi) is 3.21.